The summed E-state index contributed by atoms with van der Waals surface area (Å²) >= 11 is 5.91. The maximum atomic E-state index is 11.9. The molecule has 0 fully saturated rings. The number of oxazole rings is 1. The van der Waals surface area contributed by atoms with E-state index in [1.165, 1.54) is 5.56 Å². The van der Waals surface area contributed by atoms with Crippen molar-refractivity contribution in [3.8, 4) is 17.2 Å². The molecule has 0 unspecified atom stereocenters. The normalized spacial score (nSPS) is 10.6. The van der Waals surface area contributed by atoms with Crippen LogP contribution < -0.4 is 10.1 Å². The van der Waals surface area contributed by atoms with E-state index in [0.717, 1.165) is 16.8 Å². The van der Waals surface area contributed by atoms with Crippen LogP contribution in [0.25, 0.3) is 11.5 Å². The number of nitrogens with one attached hydrogen (secondary N) is 1. The molecule has 1 amide bonds. The number of hydrogen-bond acceptors (Lipinski definition) is 4. The zero-order chi connectivity index (χ0) is 19.2. The number of carbonyl (C=O) groups excluding carboxylic acids is 1. The lowest BCUT2D eigenvalue weighted by Crippen LogP contribution is -2.30. The first-order chi connectivity index (χ1) is 13.0. The number of amides is 1. The molecule has 3 aromatic rings. The molecule has 1 aromatic heterocycles. The Hall–Kier alpha value is -2.79. The third kappa shape index (κ3) is 5.34. The van der Waals surface area contributed by atoms with Crippen molar-refractivity contribution in [1.29, 1.82) is 0 Å². The van der Waals surface area contributed by atoms with Crippen LogP contribution in [0.5, 0.6) is 5.75 Å². The Morgan fingerprint density at radius 1 is 1.19 bits per heavy atom. The van der Waals surface area contributed by atoms with E-state index in [1.54, 1.807) is 24.5 Å². The fourth-order valence-electron chi connectivity index (χ4n) is 2.55. The number of hydrogen-bond donors (Lipinski definition) is 1. The van der Waals surface area contributed by atoms with Crippen LogP contribution >= 0.6 is 11.6 Å². The predicted molar refractivity (Wildman–Crippen MR) is 105 cm³/mol. The Morgan fingerprint density at radius 2 is 1.96 bits per heavy atom. The molecule has 0 radical (unpaired) electrons. The second-order valence-electron chi connectivity index (χ2n) is 6.31. The minimum absolute atomic E-state index is 0.0457. The molecule has 0 atom stereocenters. The summed E-state index contributed by atoms with van der Waals surface area (Å²) in [5, 5.41) is 3.46. The molecular formula is C21H21ClN2O3. The summed E-state index contributed by atoms with van der Waals surface area (Å²) in [5.41, 5.74) is 3.80. The molecule has 140 valence electrons. The summed E-state index contributed by atoms with van der Waals surface area (Å²) in [4.78, 5) is 16.4. The molecule has 0 spiro atoms. The molecule has 0 bridgehead atoms. The lowest BCUT2D eigenvalue weighted by molar-refractivity contribution is -0.123. The lowest BCUT2D eigenvalue weighted by Gasteiger charge is -2.09. The van der Waals surface area contributed by atoms with Crippen molar-refractivity contribution >= 4 is 17.5 Å². The highest BCUT2D eigenvalue weighted by Gasteiger charge is 2.08. The van der Waals surface area contributed by atoms with Gasteiger partial charge in [0.1, 0.15) is 12.0 Å². The van der Waals surface area contributed by atoms with Gasteiger partial charge in [-0.05, 0) is 49.7 Å². The molecule has 0 aliphatic heterocycles. The third-order valence-corrected chi connectivity index (χ3v) is 4.28. The first-order valence-electron chi connectivity index (χ1n) is 8.68. The predicted octanol–water partition coefficient (Wildman–Crippen LogP) is 4.35. The van der Waals surface area contributed by atoms with E-state index in [9.17, 15) is 4.79 Å². The number of aryl methyl sites for hydroxylation is 2. The molecule has 0 saturated heterocycles. The lowest BCUT2D eigenvalue weighted by atomic mass is 10.1. The van der Waals surface area contributed by atoms with Gasteiger partial charge in [-0.25, -0.2) is 4.98 Å². The highest BCUT2D eigenvalue weighted by Crippen LogP contribution is 2.21. The van der Waals surface area contributed by atoms with E-state index in [2.05, 4.69) is 10.3 Å². The molecule has 5 nitrogen and oxygen atoms in total. The van der Waals surface area contributed by atoms with Crippen LogP contribution in [0.15, 0.2) is 53.1 Å². The SMILES string of the molecule is Cc1ccc(-c2nc(CCNC(=O)COc3ccc(Cl)cc3C)co2)cc1. The van der Waals surface area contributed by atoms with Crippen molar-refractivity contribution in [3.63, 3.8) is 0 Å². The number of carbonyl (C=O) groups is 1. The second kappa shape index (κ2) is 8.73. The maximum Gasteiger partial charge on any atom is 0.257 e. The quantitative estimate of drug-likeness (QED) is 0.657. The Kier molecular flexibility index (Phi) is 6.14. The Morgan fingerprint density at radius 3 is 2.70 bits per heavy atom. The van der Waals surface area contributed by atoms with Gasteiger partial charge < -0.3 is 14.5 Å². The zero-order valence-corrected chi connectivity index (χ0v) is 16.0. The van der Waals surface area contributed by atoms with Crippen LogP contribution in [-0.4, -0.2) is 24.0 Å². The van der Waals surface area contributed by atoms with Crippen LogP contribution in [0.3, 0.4) is 0 Å². The number of nitrogens with zero attached hydrogens (tertiary/aromatic N) is 1. The largest absolute Gasteiger partial charge is 0.484 e. The van der Waals surface area contributed by atoms with Gasteiger partial charge in [0.25, 0.3) is 5.91 Å². The molecule has 6 heteroatoms. The first kappa shape index (κ1) is 19.0. The Labute approximate surface area is 163 Å². The van der Waals surface area contributed by atoms with Crippen LogP contribution in [-0.2, 0) is 11.2 Å². The van der Waals surface area contributed by atoms with Crippen molar-refractivity contribution < 1.29 is 13.9 Å². The van der Waals surface area contributed by atoms with Crippen LogP contribution in [0.2, 0.25) is 5.02 Å². The molecule has 0 aliphatic carbocycles. The smallest absolute Gasteiger partial charge is 0.257 e. The van der Waals surface area contributed by atoms with Gasteiger partial charge in [0.15, 0.2) is 6.61 Å². The number of ether oxygens (including phenoxy) is 1. The second-order valence-corrected chi connectivity index (χ2v) is 6.74. The number of halogens is 1. The van der Waals surface area contributed by atoms with Gasteiger partial charge in [-0.3, -0.25) is 4.79 Å². The minimum atomic E-state index is -0.188. The Balaban J connectivity index is 1.44. The molecule has 0 saturated carbocycles. The molecule has 1 N–H and O–H groups in total. The van der Waals surface area contributed by atoms with Crippen molar-refractivity contribution in [2.75, 3.05) is 13.2 Å². The van der Waals surface area contributed by atoms with E-state index >= 15 is 0 Å². The van der Waals surface area contributed by atoms with Crippen molar-refractivity contribution in [2.45, 2.75) is 20.3 Å². The maximum absolute atomic E-state index is 11.9. The monoisotopic (exact) mass is 384 g/mol. The summed E-state index contributed by atoms with van der Waals surface area (Å²) < 4.78 is 11.0. The summed E-state index contributed by atoms with van der Waals surface area (Å²) in [6.07, 6.45) is 2.20. The number of rotatable bonds is 7. The van der Waals surface area contributed by atoms with E-state index in [4.69, 9.17) is 20.8 Å². The summed E-state index contributed by atoms with van der Waals surface area (Å²) in [6.45, 7) is 4.33. The molecule has 3 rings (SSSR count). The summed E-state index contributed by atoms with van der Waals surface area (Å²) in [6, 6.07) is 13.3. The molecule has 27 heavy (non-hydrogen) atoms. The van der Waals surface area contributed by atoms with E-state index in [1.807, 2.05) is 38.1 Å². The Bertz CT molecular complexity index is 919. The molecule has 0 aliphatic rings. The van der Waals surface area contributed by atoms with Gasteiger partial charge in [0.05, 0.1) is 5.69 Å². The van der Waals surface area contributed by atoms with Gasteiger partial charge in [-0.2, -0.15) is 0 Å². The van der Waals surface area contributed by atoms with Crippen molar-refractivity contribution in [2.24, 2.45) is 0 Å². The summed E-state index contributed by atoms with van der Waals surface area (Å²) in [7, 11) is 0. The van der Waals surface area contributed by atoms with Gasteiger partial charge in [-0.1, -0.05) is 29.3 Å². The van der Waals surface area contributed by atoms with Crippen LogP contribution in [0.1, 0.15) is 16.8 Å². The fourth-order valence-corrected chi connectivity index (χ4v) is 2.78. The number of aromatic nitrogens is 1. The third-order valence-electron chi connectivity index (χ3n) is 4.05. The van der Waals surface area contributed by atoms with Gasteiger partial charge in [-0.15, -0.1) is 0 Å². The standard InChI is InChI=1S/C21H21ClN2O3/c1-14-3-5-16(6-4-14)21-24-18(12-27-21)9-10-23-20(25)13-26-19-8-7-17(22)11-15(19)2/h3-8,11-12H,9-10,13H2,1-2H3,(H,23,25). The minimum Gasteiger partial charge on any atom is -0.484 e. The zero-order valence-electron chi connectivity index (χ0n) is 15.3. The first-order valence-corrected chi connectivity index (χ1v) is 9.06. The van der Waals surface area contributed by atoms with Crippen LogP contribution in [0, 0.1) is 13.8 Å². The number of benzene rings is 2. The van der Waals surface area contributed by atoms with E-state index in [0.29, 0.717) is 29.6 Å². The van der Waals surface area contributed by atoms with Gasteiger partial charge in [0, 0.05) is 23.6 Å². The van der Waals surface area contributed by atoms with E-state index in [-0.39, 0.29) is 12.5 Å². The highest BCUT2D eigenvalue weighted by atomic mass is 35.5. The van der Waals surface area contributed by atoms with Crippen molar-refractivity contribution in [3.05, 3.63) is 70.6 Å². The molecule has 2 aromatic carbocycles. The highest BCUT2D eigenvalue weighted by molar-refractivity contribution is 6.30. The van der Waals surface area contributed by atoms with Crippen LogP contribution in [0.4, 0.5) is 0 Å². The van der Waals surface area contributed by atoms with Gasteiger partial charge >= 0.3 is 0 Å². The molecule has 1 heterocycles. The molecular weight excluding hydrogens is 364 g/mol. The average molecular weight is 385 g/mol. The van der Waals surface area contributed by atoms with Crippen molar-refractivity contribution in [1.82, 2.24) is 10.3 Å². The topological polar surface area (TPSA) is 64.4 Å². The summed E-state index contributed by atoms with van der Waals surface area (Å²) in [5.74, 6) is 1.04. The fraction of sp³-hybridized carbons (Fsp3) is 0.238. The van der Waals surface area contributed by atoms with Gasteiger partial charge in [0.2, 0.25) is 5.89 Å². The average Bonchev–Trinajstić information content (AvgIpc) is 3.10. The van der Waals surface area contributed by atoms with E-state index < -0.39 is 0 Å².